The average molecular weight is 534 g/mol. The van der Waals surface area contributed by atoms with Crippen molar-refractivity contribution in [3.05, 3.63) is 83.2 Å². The van der Waals surface area contributed by atoms with E-state index in [-0.39, 0.29) is 17.4 Å². The van der Waals surface area contributed by atoms with Gasteiger partial charge in [-0.15, -0.1) is 5.10 Å². The second-order valence-corrected chi connectivity index (χ2v) is 9.91. The van der Waals surface area contributed by atoms with Crippen molar-refractivity contribution in [1.29, 1.82) is 0 Å². The number of carbonyl (C=O) groups is 1. The summed E-state index contributed by atoms with van der Waals surface area (Å²) in [4.78, 5) is 26.7. The third-order valence-electron chi connectivity index (χ3n) is 6.34. The molecule has 0 atom stereocenters. The molecule has 0 unspecified atom stereocenters. The minimum atomic E-state index is -0.348. The van der Waals surface area contributed by atoms with Crippen molar-refractivity contribution >= 4 is 23.4 Å². The second-order valence-electron chi connectivity index (χ2n) is 8.97. The number of benzene rings is 2. The number of nitrogens with zero attached hydrogens (tertiary/aromatic N) is 7. The topological polar surface area (TPSA) is 89.3 Å². The smallest absolute Gasteiger partial charge is 0.276 e. The molecule has 0 spiro atoms. The van der Waals surface area contributed by atoms with Crippen LogP contribution in [-0.2, 0) is 5.75 Å². The zero-order valence-electron chi connectivity index (χ0n) is 21.5. The van der Waals surface area contributed by atoms with Gasteiger partial charge in [-0.25, -0.2) is 19.0 Å². The number of aromatic nitrogens is 5. The van der Waals surface area contributed by atoms with Crippen LogP contribution in [0.4, 0.5) is 10.1 Å². The van der Waals surface area contributed by atoms with Gasteiger partial charge in [-0.2, -0.15) is 0 Å². The lowest BCUT2D eigenvalue weighted by Crippen LogP contribution is -2.49. The maximum atomic E-state index is 13.6. The molecule has 1 fully saturated rings. The summed E-state index contributed by atoms with van der Waals surface area (Å²) in [7, 11) is 1.65. The Morgan fingerprint density at radius 3 is 2.21 bits per heavy atom. The van der Waals surface area contributed by atoms with Gasteiger partial charge in [0.25, 0.3) is 5.91 Å². The first-order valence-electron chi connectivity index (χ1n) is 12.2. The Hall–Kier alpha value is -3.99. The van der Waals surface area contributed by atoms with Crippen LogP contribution in [0.5, 0.6) is 5.75 Å². The number of rotatable bonds is 7. The number of thioether (sulfide) groups is 1. The number of piperazine rings is 1. The molecule has 1 aliphatic rings. The predicted molar refractivity (Wildman–Crippen MR) is 143 cm³/mol. The maximum absolute atomic E-state index is 13.6. The largest absolute Gasteiger partial charge is 0.497 e. The quantitative estimate of drug-likeness (QED) is 0.259. The number of methoxy groups -OCH3 is 1. The van der Waals surface area contributed by atoms with Gasteiger partial charge in [0.2, 0.25) is 0 Å². The number of carbonyl (C=O) groups excluding carboxylic acids is 1. The molecule has 0 aliphatic carbocycles. The first kappa shape index (κ1) is 25.7. The van der Waals surface area contributed by atoms with E-state index in [1.54, 1.807) is 28.8 Å². The highest BCUT2D eigenvalue weighted by atomic mass is 32.2. The zero-order valence-corrected chi connectivity index (χ0v) is 22.3. The molecule has 9 nitrogen and oxygen atoms in total. The van der Waals surface area contributed by atoms with Crippen LogP contribution >= 0.6 is 11.8 Å². The molecule has 0 bridgehead atoms. The fourth-order valence-electron chi connectivity index (χ4n) is 4.39. The summed E-state index contributed by atoms with van der Waals surface area (Å²) in [5, 5.41) is 9.17. The molecule has 38 heavy (non-hydrogen) atoms. The van der Waals surface area contributed by atoms with Crippen molar-refractivity contribution in [1.82, 2.24) is 29.9 Å². The van der Waals surface area contributed by atoms with Crippen LogP contribution < -0.4 is 9.64 Å². The number of hydrogen-bond acceptors (Lipinski definition) is 8. The standard InChI is InChI=1S/C27H28FN7O2S/c1-18-16-19(2)30-27(29-18)38-17-24-25(31-32-35(24)22-6-4-20(28)5-7-22)26(36)34-14-12-33(13-15-34)21-8-10-23(37-3)11-9-21/h4-11,16H,12-15,17H2,1-3H3. The fraction of sp³-hybridized carbons (Fsp3) is 0.296. The molecular weight excluding hydrogens is 505 g/mol. The number of halogens is 1. The molecule has 0 saturated carbocycles. The van der Waals surface area contributed by atoms with E-state index in [4.69, 9.17) is 4.74 Å². The second kappa shape index (κ2) is 11.2. The molecule has 3 heterocycles. The minimum absolute atomic E-state index is 0.176. The summed E-state index contributed by atoms with van der Waals surface area (Å²) in [5.74, 6) is 0.660. The highest BCUT2D eigenvalue weighted by molar-refractivity contribution is 7.98. The first-order chi connectivity index (χ1) is 18.4. The van der Waals surface area contributed by atoms with E-state index in [0.29, 0.717) is 48.5 Å². The summed E-state index contributed by atoms with van der Waals surface area (Å²) < 4.78 is 20.4. The third kappa shape index (κ3) is 5.62. The van der Waals surface area contributed by atoms with Gasteiger partial charge in [0.1, 0.15) is 11.6 Å². The van der Waals surface area contributed by atoms with Crippen molar-refractivity contribution in [2.24, 2.45) is 0 Å². The Kier molecular flexibility index (Phi) is 7.54. The van der Waals surface area contributed by atoms with Crippen LogP contribution in [0.3, 0.4) is 0 Å². The summed E-state index contributed by atoms with van der Waals surface area (Å²) in [5.41, 5.74) is 4.35. The molecule has 1 saturated heterocycles. The van der Waals surface area contributed by atoms with Gasteiger partial charge in [0.15, 0.2) is 10.9 Å². The number of hydrogen-bond donors (Lipinski definition) is 0. The van der Waals surface area contributed by atoms with Crippen LogP contribution in [0, 0.1) is 19.7 Å². The Labute approximate surface area is 224 Å². The number of anilines is 1. The Morgan fingerprint density at radius 1 is 0.947 bits per heavy atom. The first-order valence-corrected chi connectivity index (χ1v) is 13.2. The van der Waals surface area contributed by atoms with E-state index in [1.165, 1.54) is 23.9 Å². The van der Waals surface area contributed by atoms with Crippen molar-refractivity contribution in [2.45, 2.75) is 24.8 Å². The zero-order chi connectivity index (χ0) is 26.6. The van der Waals surface area contributed by atoms with Crippen LogP contribution in [0.15, 0.2) is 59.8 Å². The third-order valence-corrected chi connectivity index (χ3v) is 7.20. The molecule has 1 amide bonds. The van der Waals surface area contributed by atoms with E-state index in [9.17, 15) is 9.18 Å². The SMILES string of the molecule is COc1ccc(N2CCN(C(=O)c3nnn(-c4ccc(F)cc4)c3CSc3nc(C)cc(C)n3)CC2)cc1. The van der Waals surface area contributed by atoms with Gasteiger partial charge in [0, 0.05) is 49.0 Å². The Bertz CT molecular complexity index is 1400. The molecule has 0 radical (unpaired) electrons. The van der Waals surface area contributed by atoms with Crippen LogP contribution in [-0.4, -0.2) is 69.1 Å². The normalized spacial score (nSPS) is 13.6. The van der Waals surface area contributed by atoms with E-state index in [2.05, 4.69) is 25.2 Å². The fourth-order valence-corrected chi connectivity index (χ4v) is 5.33. The highest BCUT2D eigenvalue weighted by Crippen LogP contribution is 2.26. The van der Waals surface area contributed by atoms with Crippen molar-refractivity contribution in [3.63, 3.8) is 0 Å². The molecule has 0 N–H and O–H groups in total. The summed E-state index contributed by atoms with van der Waals surface area (Å²) >= 11 is 1.41. The average Bonchev–Trinajstić information content (AvgIpc) is 3.35. The van der Waals surface area contributed by atoms with Crippen LogP contribution in [0.25, 0.3) is 5.69 Å². The lowest BCUT2D eigenvalue weighted by molar-refractivity contribution is 0.0740. The van der Waals surface area contributed by atoms with E-state index in [1.807, 2.05) is 44.2 Å². The molecule has 4 aromatic rings. The van der Waals surface area contributed by atoms with Crippen molar-refractivity contribution < 1.29 is 13.9 Å². The molecule has 196 valence electrons. The summed E-state index contributed by atoms with van der Waals surface area (Å²) in [6.45, 7) is 6.35. The van der Waals surface area contributed by atoms with E-state index < -0.39 is 0 Å². The van der Waals surface area contributed by atoms with Gasteiger partial charge in [0.05, 0.1) is 18.5 Å². The maximum Gasteiger partial charge on any atom is 0.276 e. The lowest BCUT2D eigenvalue weighted by Gasteiger charge is -2.36. The van der Waals surface area contributed by atoms with Gasteiger partial charge in [-0.05, 0) is 68.4 Å². The van der Waals surface area contributed by atoms with Crippen LogP contribution in [0.1, 0.15) is 27.6 Å². The van der Waals surface area contributed by atoms with Gasteiger partial charge in [-0.1, -0.05) is 17.0 Å². The highest BCUT2D eigenvalue weighted by Gasteiger charge is 2.28. The minimum Gasteiger partial charge on any atom is -0.497 e. The monoisotopic (exact) mass is 533 g/mol. The molecule has 2 aromatic carbocycles. The predicted octanol–water partition coefficient (Wildman–Crippen LogP) is 4.08. The number of ether oxygens (including phenoxy) is 1. The van der Waals surface area contributed by atoms with Crippen molar-refractivity contribution in [2.75, 3.05) is 38.2 Å². The molecular formula is C27H28FN7O2S. The Morgan fingerprint density at radius 2 is 1.58 bits per heavy atom. The summed E-state index contributed by atoms with van der Waals surface area (Å²) in [6, 6.07) is 15.8. The Balaban J connectivity index is 1.36. The van der Waals surface area contributed by atoms with E-state index >= 15 is 0 Å². The van der Waals surface area contributed by atoms with Crippen molar-refractivity contribution in [3.8, 4) is 11.4 Å². The van der Waals surface area contributed by atoms with Gasteiger partial charge < -0.3 is 14.5 Å². The molecule has 5 rings (SSSR count). The van der Waals surface area contributed by atoms with Crippen LogP contribution in [0.2, 0.25) is 0 Å². The van der Waals surface area contributed by atoms with E-state index in [0.717, 1.165) is 22.8 Å². The van der Waals surface area contributed by atoms with Gasteiger partial charge >= 0.3 is 0 Å². The number of amides is 1. The number of aryl methyl sites for hydroxylation is 2. The molecule has 2 aromatic heterocycles. The summed E-state index contributed by atoms with van der Waals surface area (Å²) in [6.07, 6.45) is 0. The molecule has 1 aliphatic heterocycles. The molecule has 11 heteroatoms. The van der Waals surface area contributed by atoms with Gasteiger partial charge in [-0.3, -0.25) is 4.79 Å². The lowest BCUT2D eigenvalue weighted by atomic mass is 10.2.